The van der Waals surface area contributed by atoms with Crippen LogP contribution in [0.25, 0.3) is 6.08 Å². The van der Waals surface area contributed by atoms with Crippen molar-refractivity contribution < 1.29 is 14.7 Å². The third-order valence-electron chi connectivity index (χ3n) is 3.28. The molecule has 1 unspecified atom stereocenters. The van der Waals surface area contributed by atoms with Gasteiger partial charge in [0.15, 0.2) is 0 Å². The lowest BCUT2D eigenvalue weighted by Gasteiger charge is -2.31. The number of rotatable bonds is 4. The third kappa shape index (κ3) is 3.05. The number of carbonyl (C=O) groups is 2. The topological polar surface area (TPSA) is 69.6 Å². The molecule has 5 heteroatoms. The fourth-order valence-electron chi connectivity index (χ4n) is 2.16. The Morgan fingerprint density at radius 2 is 2.00 bits per heavy atom. The second-order valence-corrected chi connectivity index (χ2v) is 4.73. The number of aliphatic hydroxyl groups excluding tert-OH is 1. The SMILES string of the molecule is CN1C(=O)C(CCCO)NC(=O)C1=Cc1ccccc1. The minimum absolute atomic E-state index is 0.01000. The Bertz CT molecular complexity index is 525. The zero-order valence-electron chi connectivity index (χ0n) is 11.4. The van der Waals surface area contributed by atoms with Gasteiger partial charge in [0.25, 0.3) is 5.91 Å². The van der Waals surface area contributed by atoms with Crippen LogP contribution in [0.3, 0.4) is 0 Å². The third-order valence-corrected chi connectivity index (χ3v) is 3.28. The molecule has 1 aromatic carbocycles. The fourth-order valence-corrected chi connectivity index (χ4v) is 2.16. The first-order valence-corrected chi connectivity index (χ1v) is 6.59. The highest BCUT2D eigenvalue weighted by Crippen LogP contribution is 2.17. The van der Waals surface area contributed by atoms with Crippen molar-refractivity contribution in [3.63, 3.8) is 0 Å². The van der Waals surface area contributed by atoms with Gasteiger partial charge in [-0.15, -0.1) is 0 Å². The van der Waals surface area contributed by atoms with E-state index in [4.69, 9.17) is 5.11 Å². The largest absolute Gasteiger partial charge is 0.396 e. The number of hydrogen-bond donors (Lipinski definition) is 2. The molecule has 0 bridgehead atoms. The lowest BCUT2D eigenvalue weighted by Crippen LogP contribution is -2.55. The smallest absolute Gasteiger partial charge is 0.268 e. The van der Waals surface area contributed by atoms with E-state index in [0.717, 1.165) is 5.56 Å². The average Bonchev–Trinajstić information content (AvgIpc) is 2.47. The Balaban J connectivity index is 2.19. The van der Waals surface area contributed by atoms with Gasteiger partial charge in [0.2, 0.25) is 5.91 Å². The van der Waals surface area contributed by atoms with Crippen LogP contribution >= 0.6 is 0 Å². The summed E-state index contributed by atoms with van der Waals surface area (Å²) in [6.07, 6.45) is 2.63. The van der Waals surface area contributed by atoms with Crippen molar-refractivity contribution >= 4 is 17.9 Å². The molecule has 1 saturated heterocycles. The van der Waals surface area contributed by atoms with Gasteiger partial charge >= 0.3 is 0 Å². The minimum Gasteiger partial charge on any atom is -0.396 e. The number of nitrogens with one attached hydrogen (secondary N) is 1. The Morgan fingerprint density at radius 3 is 2.65 bits per heavy atom. The van der Waals surface area contributed by atoms with E-state index in [-0.39, 0.29) is 18.4 Å². The molecule has 2 rings (SSSR count). The molecule has 0 spiro atoms. The fraction of sp³-hybridized carbons (Fsp3) is 0.333. The van der Waals surface area contributed by atoms with E-state index in [2.05, 4.69) is 5.32 Å². The molecule has 2 amide bonds. The standard InChI is InChI=1S/C15H18N2O3/c1-17-13(10-11-6-3-2-4-7-11)14(19)16-12(15(17)20)8-5-9-18/h2-4,6-7,10,12,18H,5,8-9H2,1H3,(H,16,19). The van der Waals surface area contributed by atoms with E-state index in [1.165, 1.54) is 4.90 Å². The first-order valence-electron chi connectivity index (χ1n) is 6.59. The molecule has 5 nitrogen and oxygen atoms in total. The van der Waals surface area contributed by atoms with Crippen molar-refractivity contribution in [3.8, 4) is 0 Å². The van der Waals surface area contributed by atoms with Crippen LogP contribution in [0.4, 0.5) is 0 Å². The summed E-state index contributed by atoms with van der Waals surface area (Å²) >= 11 is 0. The molecule has 1 aliphatic heterocycles. The normalized spacial score (nSPS) is 21.2. The zero-order valence-corrected chi connectivity index (χ0v) is 11.4. The molecule has 0 aliphatic carbocycles. The van der Waals surface area contributed by atoms with E-state index in [9.17, 15) is 9.59 Å². The van der Waals surface area contributed by atoms with Crippen LogP contribution in [0.5, 0.6) is 0 Å². The Kier molecular flexibility index (Phi) is 4.53. The number of benzene rings is 1. The van der Waals surface area contributed by atoms with Crippen molar-refractivity contribution in [2.45, 2.75) is 18.9 Å². The molecule has 1 aliphatic rings. The molecule has 20 heavy (non-hydrogen) atoms. The van der Waals surface area contributed by atoms with Crippen LogP contribution in [-0.4, -0.2) is 41.5 Å². The van der Waals surface area contributed by atoms with E-state index < -0.39 is 6.04 Å². The first-order chi connectivity index (χ1) is 9.63. The second kappa shape index (κ2) is 6.34. The van der Waals surface area contributed by atoms with Gasteiger partial charge in [-0.1, -0.05) is 30.3 Å². The molecule has 0 radical (unpaired) electrons. The highest BCUT2D eigenvalue weighted by atomic mass is 16.3. The van der Waals surface area contributed by atoms with Crippen LogP contribution in [0.15, 0.2) is 36.0 Å². The van der Waals surface area contributed by atoms with Gasteiger partial charge in [-0.05, 0) is 24.5 Å². The highest BCUT2D eigenvalue weighted by molar-refractivity contribution is 6.07. The van der Waals surface area contributed by atoms with Crippen molar-refractivity contribution in [2.24, 2.45) is 0 Å². The van der Waals surface area contributed by atoms with E-state index >= 15 is 0 Å². The average molecular weight is 274 g/mol. The lowest BCUT2D eigenvalue weighted by molar-refractivity contribution is -0.139. The molecule has 1 atom stereocenters. The summed E-state index contributed by atoms with van der Waals surface area (Å²) < 4.78 is 0. The van der Waals surface area contributed by atoms with Gasteiger partial charge in [0.1, 0.15) is 11.7 Å². The Hall–Kier alpha value is -2.14. The van der Waals surface area contributed by atoms with Crippen molar-refractivity contribution in [2.75, 3.05) is 13.7 Å². The molecule has 1 aromatic rings. The van der Waals surface area contributed by atoms with Gasteiger partial charge in [0, 0.05) is 13.7 Å². The highest BCUT2D eigenvalue weighted by Gasteiger charge is 2.33. The van der Waals surface area contributed by atoms with Gasteiger partial charge in [0.05, 0.1) is 0 Å². The number of carbonyl (C=O) groups excluding carboxylic acids is 2. The molecule has 0 aromatic heterocycles. The van der Waals surface area contributed by atoms with E-state index in [1.54, 1.807) is 13.1 Å². The predicted octanol–water partition coefficient (Wildman–Crippen LogP) is 0.757. The molecular weight excluding hydrogens is 256 g/mol. The number of amides is 2. The summed E-state index contributed by atoms with van der Waals surface area (Å²) in [5, 5.41) is 11.5. The Labute approximate surface area is 117 Å². The number of hydrogen-bond acceptors (Lipinski definition) is 3. The van der Waals surface area contributed by atoms with Crippen LogP contribution in [0, 0.1) is 0 Å². The number of nitrogens with zero attached hydrogens (tertiary/aromatic N) is 1. The lowest BCUT2D eigenvalue weighted by atomic mass is 10.1. The second-order valence-electron chi connectivity index (χ2n) is 4.73. The van der Waals surface area contributed by atoms with Crippen molar-refractivity contribution in [1.29, 1.82) is 0 Å². The maximum absolute atomic E-state index is 12.2. The minimum atomic E-state index is -0.549. The van der Waals surface area contributed by atoms with Crippen LogP contribution in [-0.2, 0) is 9.59 Å². The molecule has 1 heterocycles. The van der Waals surface area contributed by atoms with Crippen LogP contribution < -0.4 is 5.32 Å². The number of aliphatic hydroxyl groups is 1. The summed E-state index contributed by atoms with van der Waals surface area (Å²) in [7, 11) is 1.60. The monoisotopic (exact) mass is 274 g/mol. The summed E-state index contributed by atoms with van der Waals surface area (Å²) in [4.78, 5) is 25.6. The van der Waals surface area contributed by atoms with Crippen LogP contribution in [0.1, 0.15) is 18.4 Å². The quantitative estimate of drug-likeness (QED) is 0.796. The predicted molar refractivity (Wildman–Crippen MR) is 75.4 cm³/mol. The van der Waals surface area contributed by atoms with Gasteiger partial charge in [-0.25, -0.2) is 0 Å². The molecule has 0 saturated carbocycles. The molecule has 106 valence electrons. The molecule has 1 fully saturated rings. The first kappa shape index (κ1) is 14.3. The van der Waals surface area contributed by atoms with Gasteiger partial charge < -0.3 is 15.3 Å². The number of likely N-dealkylation sites (N-methyl/N-ethyl adjacent to an activating group) is 1. The van der Waals surface area contributed by atoms with E-state index in [1.807, 2.05) is 30.3 Å². The summed E-state index contributed by atoms with van der Waals surface area (Å²) in [6, 6.07) is 8.83. The Morgan fingerprint density at radius 1 is 1.30 bits per heavy atom. The summed E-state index contributed by atoms with van der Waals surface area (Å²) in [5.41, 5.74) is 1.20. The molecular formula is C15H18N2O3. The van der Waals surface area contributed by atoms with E-state index in [0.29, 0.717) is 18.5 Å². The van der Waals surface area contributed by atoms with Crippen LogP contribution in [0.2, 0.25) is 0 Å². The summed E-state index contributed by atoms with van der Waals surface area (Å²) in [5.74, 6) is -0.417. The van der Waals surface area contributed by atoms with Crippen molar-refractivity contribution in [1.82, 2.24) is 10.2 Å². The number of piperazine rings is 1. The van der Waals surface area contributed by atoms with Gasteiger partial charge in [-0.3, -0.25) is 9.59 Å². The summed E-state index contributed by atoms with van der Waals surface area (Å²) in [6.45, 7) is 0.01000. The van der Waals surface area contributed by atoms with Gasteiger partial charge in [-0.2, -0.15) is 0 Å². The maximum atomic E-state index is 12.2. The molecule has 2 N–H and O–H groups in total. The maximum Gasteiger partial charge on any atom is 0.268 e. The van der Waals surface area contributed by atoms with Crippen molar-refractivity contribution in [3.05, 3.63) is 41.6 Å². The zero-order chi connectivity index (χ0) is 14.5.